The van der Waals surface area contributed by atoms with Gasteiger partial charge in [-0.25, -0.2) is 9.13 Å². The van der Waals surface area contributed by atoms with Crippen molar-refractivity contribution in [3.63, 3.8) is 0 Å². The van der Waals surface area contributed by atoms with Crippen LogP contribution in [0.1, 0.15) is 0 Å². The smallest absolute Gasteiger partial charge is 0.394 e. The lowest BCUT2D eigenvalue weighted by Gasteiger charge is -2.26. The Morgan fingerprint density at radius 1 is 1.06 bits per heavy atom. The van der Waals surface area contributed by atoms with Crippen molar-refractivity contribution in [2.75, 3.05) is 6.61 Å². The fraction of sp³-hybridized carbons (Fsp3) is 0.800. The molecular formula is C5H12O11P2. The molecule has 0 aromatic rings. The molecule has 11 nitrogen and oxygen atoms in total. The molecule has 18 heavy (non-hydrogen) atoms. The van der Waals surface area contributed by atoms with Crippen LogP contribution in [0.3, 0.4) is 0 Å². The predicted molar refractivity (Wildman–Crippen MR) is 53.0 cm³/mol. The second-order valence-corrected chi connectivity index (χ2v) is 5.39. The highest BCUT2D eigenvalue weighted by atomic mass is 31.2. The monoisotopic (exact) mass is 310 g/mol. The van der Waals surface area contributed by atoms with Crippen LogP contribution in [0.5, 0.6) is 0 Å². The minimum atomic E-state index is -5.18. The summed E-state index contributed by atoms with van der Waals surface area (Å²) >= 11 is 0. The molecule has 0 aliphatic heterocycles. The Bertz CT molecular complexity index is 356. The van der Waals surface area contributed by atoms with Crippen LogP contribution in [0.25, 0.3) is 0 Å². The van der Waals surface area contributed by atoms with Gasteiger partial charge >= 0.3 is 15.6 Å². The first-order valence-corrected chi connectivity index (χ1v) is 7.28. The number of hydrogen-bond donors (Lipinski definition) is 6. The molecule has 3 atom stereocenters. The maximum atomic E-state index is 10.6. The van der Waals surface area contributed by atoms with Crippen molar-refractivity contribution in [1.82, 2.24) is 0 Å². The molecule has 0 spiro atoms. The minimum Gasteiger partial charge on any atom is -0.394 e. The Kier molecular flexibility index (Phi) is 6.75. The first-order chi connectivity index (χ1) is 8.00. The largest absolute Gasteiger partial charge is 0.470 e. The van der Waals surface area contributed by atoms with Gasteiger partial charge in [-0.3, -0.25) is 9.05 Å². The zero-order chi connectivity index (χ0) is 14.6. The average Bonchev–Trinajstić information content (AvgIpc) is 2.19. The molecule has 0 fully saturated rings. The summed E-state index contributed by atoms with van der Waals surface area (Å²) in [5.74, 6) is 0. The second-order valence-electron chi connectivity index (χ2n) is 3.01. The van der Waals surface area contributed by atoms with E-state index in [0.29, 0.717) is 0 Å². The Labute approximate surface area is 100 Å². The van der Waals surface area contributed by atoms with E-state index in [0.717, 1.165) is 0 Å². The lowest BCUT2D eigenvalue weighted by molar-refractivity contribution is -0.125. The summed E-state index contributed by atoms with van der Waals surface area (Å²) < 4.78 is 28.9. The summed E-state index contributed by atoms with van der Waals surface area (Å²) in [6, 6.07) is 0. The number of rotatable bonds is 8. The minimum absolute atomic E-state index is 0.238. The van der Waals surface area contributed by atoms with Crippen LogP contribution < -0.4 is 0 Å². The van der Waals surface area contributed by atoms with Gasteiger partial charge in [0.2, 0.25) is 0 Å². The number of phosphoric ester groups is 2. The van der Waals surface area contributed by atoms with Gasteiger partial charge in [-0.05, 0) is 0 Å². The molecule has 6 N–H and O–H groups in total. The highest BCUT2D eigenvalue weighted by Crippen LogP contribution is 2.43. The van der Waals surface area contributed by atoms with Gasteiger partial charge in [-0.1, -0.05) is 0 Å². The highest BCUT2D eigenvalue weighted by molar-refractivity contribution is 7.46. The molecule has 0 bridgehead atoms. The summed E-state index contributed by atoms with van der Waals surface area (Å²) in [6.45, 7) is -1.08. The standard InChI is InChI=1S/C5H12O11P2/c6-1-3(8)5(16-18(12,13)14)4(2-7)15-17(9,10)11/h2-6,8H,1H2,(H2,9,10,11)(H2,12,13,14)/t3-,4+,5-/m1/s1. The van der Waals surface area contributed by atoms with Crippen molar-refractivity contribution < 1.29 is 52.8 Å². The van der Waals surface area contributed by atoms with Gasteiger partial charge < -0.3 is 34.6 Å². The maximum absolute atomic E-state index is 10.6. The molecule has 0 aromatic carbocycles. The van der Waals surface area contributed by atoms with Gasteiger partial charge in [0.1, 0.15) is 12.2 Å². The Hall–Kier alpha value is -0.190. The van der Waals surface area contributed by atoms with Gasteiger partial charge in [-0.2, -0.15) is 0 Å². The molecule has 0 aliphatic rings. The molecule has 0 aromatic heterocycles. The molecule has 0 aliphatic carbocycles. The quantitative estimate of drug-likeness (QED) is 0.205. The second kappa shape index (κ2) is 6.83. The third-order valence-electron chi connectivity index (χ3n) is 1.54. The Morgan fingerprint density at radius 2 is 1.50 bits per heavy atom. The van der Waals surface area contributed by atoms with Crippen molar-refractivity contribution in [2.24, 2.45) is 0 Å². The topological polar surface area (TPSA) is 191 Å². The number of phosphoric acid groups is 2. The molecule has 0 rings (SSSR count). The third-order valence-corrected chi connectivity index (χ3v) is 2.58. The number of carbonyl (C=O) groups is 1. The van der Waals surface area contributed by atoms with E-state index < -0.39 is 40.6 Å². The van der Waals surface area contributed by atoms with Crippen LogP contribution >= 0.6 is 15.6 Å². The fourth-order valence-electron chi connectivity index (χ4n) is 0.932. The van der Waals surface area contributed by atoms with Crippen LogP contribution in [0, 0.1) is 0 Å². The van der Waals surface area contributed by atoms with Crippen LogP contribution in [0.4, 0.5) is 0 Å². The van der Waals surface area contributed by atoms with Crippen molar-refractivity contribution in [3.05, 3.63) is 0 Å². The van der Waals surface area contributed by atoms with Crippen LogP contribution in [0.15, 0.2) is 0 Å². The third kappa shape index (κ3) is 7.29. The maximum Gasteiger partial charge on any atom is 0.470 e. The lowest BCUT2D eigenvalue weighted by Crippen LogP contribution is -2.43. The summed E-state index contributed by atoms with van der Waals surface area (Å²) in [6.07, 6.45) is -6.57. The number of carbonyl (C=O) groups excluding carboxylic acids is 1. The van der Waals surface area contributed by atoms with Crippen LogP contribution in [-0.2, 0) is 23.0 Å². The number of aliphatic hydroxyl groups is 2. The number of aliphatic hydroxyl groups excluding tert-OH is 2. The molecule has 0 saturated carbocycles. The van der Waals surface area contributed by atoms with E-state index in [1.807, 2.05) is 0 Å². The number of hydrogen-bond acceptors (Lipinski definition) is 7. The van der Waals surface area contributed by atoms with E-state index in [-0.39, 0.29) is 6.29 Å². The zero-order valence-electron chi connectivity index (χ0n) is 8.64. The summed E-state index contributed by atoms with van der Waals surface area (Å²) in [5, 5.41) is 17.8. The highest BCUT2D eigenvalue weighted by Gasteiger charge is 2.38. The molecule has 13 heteroatoms. The van der Waals surface area contributed by atoms with Crippen LogP contribution in [-0.4, -0.2) is 61.0 Å². The lowest BCUT2D eigenvalue weighted by atomic mass is 10.1. The molecular weight excluding hydrogens is 298 g/mol. The molecule has 0 radical (unpaired) electrons. The molecule has 0 heterocycles. The van der Waals surface area contributed by atoms with Gasteiger partial charge in [0, 0.05) is 0 Å². The fourth-order valence-corrected chi connectivity index (χ4v) is 2.00. The predicted octanol–water partition coefficient (Wildman–Crippen LogP) is -2.51. The van der Waals surface area contributed by atoms with E-state index in [1.165, 1.54) is 0 Å². The Morgan fingerprint density at radius 3 is 1.78 bits per heavy atom. The van der Waals surface area contributed by atoms with Gasteiger partial charge in [0.15, 0.2) is 12.4 Å². The van der Waals surface area contributed by atoms with Crippen molar-refractivity contribution >= 4 is 21.9 Å². The normalized spacial score (nSPS) is 18.1. The molecule has 0 unspecified atom stereocenters. The number of aldehydes is 1. The van der Waals surface area contributed by atoms with E-state index in [1.54, 1.807) is 0 Å². The molecule has 0 saturated heterocycles. The summed E-state index contributed by atoms with van der Waals surface area (Å²) in [5.41, 5.74) is 0. The van der Waals surface area contributed by atoms with E-state index in [2.05, 4.69) is 9.05 Å². The Balaban J connectivity index is 5.08. The van der Waals surface area contributed by atoms with Gasteiger partial charge in [0.25, 0.3) is 0 Å². The molecule has 0 amide bonds. The zero-order valence-corrected chi connectivity index (χ0v) is 10.4. The first kappa shape index (κ1) is 17.8. The summed E-state index contributed by atoms with van der Waals surface area (Å²) in [4.78, 5) is 44.5. The first-order valence-electron chi connectivity index (χ1n) is 4.22. The SMILES string of the molecule is O=C[C@H](OP(=O)(O)O)[C@H](OP(=O)(O)O)[C@H](O)CO. The van der Waals surface area contributed by atoms with Crippen molar-refractivity contribution in [2.45, 2.75) is 18.3 Å². The van der Waals surface area contributed by atoms with E-state index >= 15 is 0 Å². The van der Waals surface area contributed by atoms with Crippen molar-refractivity contribution in [3.8, 4) is 0 Å². The van der Waals surface area contributed by atoms with Gasteiger partial charge in [0.05, 0.1) is 6.61 Å². The van der Waals surface area contributed by atoms with Crippen molar-refractivity contribution in [1.29, 1.82) is 0 Å². The molecule has 108 valence electrons. The van der Waals surface area contributed by atoms with E-state index in [4.69, 9.17) is 29.8 Å². The van der Waals surface area contributed by atoms with Crippen LogP contribution in [0.2, 0.25) is 0 Å². The summed E-state index contributed by atoms with van der Waals surface area (Å²) in [7, 11) is -10.3. The van der Waals surface area contributed by atoms with E-state index in [9.17, 15) is 13.9 Å². The average molecular weight is 310 g/mol. The van der Waals surface area contributed by atoms with Gasteiger partial charge in [-0.15, -0.1) is 0 Å².